The average molecular weight is 268 g/mol. The zero-order chi connectivity index (χ0) is 13.9. The lowest BCUT2D eigenvalue weighted by molar-refractivity contribution is -0.0366. The molecule has 2 aromatic rings. The van der Waals surface area contributed by atoms with Crippen LogP contribution >= 0.6 is 0 Å². The minimum Gasteiger partial charge on any atom is -0.356 e. The molecule has 0 amide bonds. The average Bonchev–Trinajstić information content (AvgIpc) is 2.92. The summed E-state index contributed by atoms with van der Waals surface area (Å²) in [7, 11) is 0. The van der Waals surface area contributed by atoms with Crippen molar-refractivity contribution in [1.82, 2.24) is 9.78 Å². The quantitative estimate of drug-likeness (QED) is 0.735. The molecule has 1 fully saturated rings. The van der Waals surface area contributed by atoms with Gasteiger partial charge in [0.05, 0.1) is 11.7 Å². The summed E-state index contributed by atoms with van der Waals surface area (Å²) in [4.78, 5) is 0. The van der Waals surface area contributed by atoms with Gasteiger partial charge in [-0.1, -0.05) is 18.8 Å². The van der Waals surface area contributed by atoms with Gasteiger partial charge in [0.15, 0.2) is 6.23 Å². The molecule has 0 saturated carbocycles. The van der Waals surface area contributed by atoms with Crippen LogP contribution in [0.4, 0.5) is 0 Å². The van der Waals surface area contributed by atoms with Crippen LogP contribution in [-0.2, 0) is 4.74 Å². The van der Waals surface area contributed by atoms with Crippen LogP contribution in [0.5, 0.6) is 0 Å². The molecule has 0 N–H and O–H groups in total. The van der Waals surface area contributed by atoms with Crippen molar-refractivity contribution in [2.24, 2.45) is 0 Å². The molecular weight excluding hydrogens is 248 g/mol. The topological polar surface area (TPSA) is 27.1 Å². The molecule has 3 heteroatoms. The van der Waals surface area contributed by atoms with E-state index in [1.807, 2.05) is 10.9 Å². The first kappa shape index (κ1) is 13.2. The van der Waals surface area contributed by atoms with Crippen LogP contribution in [0.25, 0.3) is 10.9 Å². The predicted molar refractivity (Wildman–Crippen MR) is 80.5 cm³/mol. The molecule has 3 rings (SSSR count). The molecule has 0 spiro atoms. The maximum atomic E-state index is 5.84. The van der Waals surface area contributed by atoms with E-state index in [9.17, 15) is 0 Å². The number of rotatable bonds is 1. The maximum absolute atomic E-state index is 5.84. The van der Waals surface area contributed by atoms with Crippen molar-refractivity contribution in [1.29, 1.82) is 0 Å². The standard InChI is InChI=1S/C17H20N2O/c1-3-4-7-14-9-10-16-15(13(14)2)12-18-19(16)17-8-5-6-11-20-17/h9-10,12,17H,3,5-6,8,11H2,1-2H3. The van der Waals surface area contributed by atoms with Gasteiger partial charge in [0.2, 0.25) is 0 Å². The molecule has 1 aliphatic rings. The zero-order valence-corrected chi connectivity index (χ0v) is 12.1. The fourth-order valence-corrected chi connectivity index (χ4v) is 2.72. The number of hydrogen-bond donors (Lipinski definition) is 0. The summed E-state index contributed by atoms with van der Waals surface area (Å²) in [6.07, 6.45) is 6.34. The fraction of sp³-hybridized carbons (Fsp3) is 0.471. The molecule has 0 radical (unpaired) electrons. The van der Waals surface area contributed by atoms with Crippen LogP contribution in [0.1, 0.15) is 50.0 Å². The van der Waals surface area contributed by atoms with Crippen LogP contribution in [0.15, 0.2) is 18.3 Å². The molecule has 0 aliphatic carbocycles. The largest absolute Gasteiger partial charge is 0.356 e. The Labute approximate surface area is 119 Å². The molecule has 1 aliphatic heterocycles. The van der Waals surface area contributed by atoms with E-state index < -0.39 is 0 Å². The first-order valence-corrected chi connectivity index (χ1v) is 7.38. The van der Waals surface area contributed by atoms with E-state index in [0.717, 1.165) is 36.9 Å². The number of fused-ring (bicyclic) bond motifs is 1. The smallest absolute Gasteiger partial charge is 0.150 e. The molecule has 20 heavy (non-hydrogen) atoms. The van der Waals surface area contributed by atoms with Crippen molar-refractivity contribution in [2.75, 3.05) is 6.61 Å². The molecule has 3 nitrogen and oxygen atoms in total. The fourth-order valence-electron chi connectivity index (χ4n) is 2.72. The first-order valence-electron chi connectivity index (χ1n) is 7.38. The van der Waals surface area contributed by atoms with Crippen LogP contribution in [0.3, 0.4) is 0 Å². The first-order chi connectivity index (χ1) is 9.81. The third-order valence-electron chi connectivity index (χ3n) is 3.88. The van der Waals surface area contributed by atoms with E-state index in [1.165, 1.54) is 17.4 Å². The van der Waals surface area contributed by atoms with E-state index in [2.05, 4.69) is 42.9 Å². The SMILES string of the molecule is CCC#Cc1ccc2c(cnn2C2CCCCO2)c1C. The molecule has 1 atom stereocenters. The predicted octanol–water partition coefficient (Wildman–Crippen LogP) is 3.81. The highest BCUT2D eigenvalue weighted by atomic mass is 16.5. The molecule has 0 bridgehead atoms. The van der Waals surface area contributed by atoms with Crippen LogP contribution < -0.4 is 0 Å². The second-order valence-corrected chi connectivity index (χ2v) is 5.24. The van der Waals surface area contributed by atoms with E-state index in [-0.39, 0.29) is 6.23 Å². The second kappa shape index (κ2) is 5.68. The van der Waals surface area contributed by atoms with Crippen molar-refractivity contribution >= 4 is 10.9 Å². The van der Waals surface area contributed by atoms with E-state index in [4.69, 9.17) is 4.74 Å². The minimum absolute atomic E-state index is 0.0909. The van der Waals surface area contributed by atoms with Gasteiger partial charge in [0, 0.05) is 24.0 Å². The van der Waals surface area contributed by atoms with Gasteiger partial charge < -0.3 is 4.74 Å². The Balaban J connectivity index is 2.03. The van der Waals surface area contributed by atoms with Gasteiger partial charge in [0.25, 0.3) is 0 Å². The second-order valence-electron chi connectivity index (χ2n) is 5.24. The van der Waals surface area contributed by atoms with Crippen molar-refractivity contribution in [3.63, 3.8) is 0 Å². The summed E-state index contributed by atoms with van der Waals surface area (Å²) in [5.74, 6) is 6.36. The van der Waals surface area contributed by atoms with E-state index in [1.54, 1.807) is 0 Å². The van der Waals surface area contributed by atoms with Gasteiger partial charge in [-0.3, -0.25) is 0 Å². The highest BCUT2D eigenvalue weighted by Gasteiger charge is 2.19. The van der Waals surface area contributed by atoms with Crippen LogP contribution in [0.2, 0.25) is 0 Å². The lowest BCUT2D eigenvalue weighted by atomic mass is 10.0. The van der Waals surface area contributed by atoms with Crippen molar-refractivity contribution in [3.05, 3.63) is 29.5 Å². The third kappa shape index (κ3) is 2.32. The number of ether oxygens (including phenoxy) is 1. The van der Waals surface area contributed by atoms with E-state index in [0.29, 0.717) is 0 Å². The third-order valence-corrected chi connectivity index (χ3v) is 3.88. The molecule has 1 aromatic heterocycles. The van der Waals surface area contributed by atoms with Crippen molar-refractivity contribution < 1.29 is 4.74 Å². The number of nitrogens with zero attached hydrogens (tertiary/aromatic N) is 2. The van der Waals surface area contributed by atoms with Crippen LogP contribution in [0, 0.1) is 18.8 Å². The summed E-state index contributed by atoms with van der Waals surface area (Å²) < 4.78 is 7.86. The number of aryl methyl sites for hydroxylation is 1. The molecule has 2 heterocycles. The van der Waals surface area contributed by atoms with Crippen molar-refractivity contribution in [3.8, 4) is 11.8 Å². The van der Waals surface area contributed by atoms with Gasteiger partial charge in [-0.25, -0.2) is 4.68 Å². The Morgan fingerprint density at radius 3 is 3.05 bits per heavy atom. The van der Waals surface area contributed by atoms with Gasteiger partial charge in [-0.15, -0.1) is 0 Å². The molecule has 1 unspecified atom stereocenters. The summed E-state index contributed by atoms with van der Waals surface area (Å²) in [5, 5.41) is 5.73. The molecule has 1 saturated heterocycles. The lowest BCUT2D eigenvalue weighted by Crippen LogP contribution is -2.18. The summed E-state index contributed by atoms with van der Waals surface area (Å²) in [6, 6.07) is 4.22. The Morgan fingerprint density at radius 1 is 1.40 bits per heavy atom. The van der Waals surface area contributed by atoms with Gasteiger partial charge >= 0.3 is 0 Å². The normalized spacial score (nSPS) is 18.8. The molecule has 1 aromatic carbocycles. The minimum atomic E-state index is 0.0909. The van der Waals surface area contributed by atoms with Gasteiger partial charge in [0.1, 0.15) is 0 Å². The molecular formula is C17H20N2O. The maximum Gasteiger partial charge on any atom is 0.150 e. The Kier molecular flexibility index (Phi) is 3.75. The van der Waals surface area contributed by atoms with Gasteiger partial charge in [-0.2, -0.15) is 5.10 Å². The van der Waals surface area contributed by atoms with Crippen molar-refractivity contribution in [2.45, 2.75) is 45.8 Å². The summed E-state index contributed by atoms with van der Waals surface area (Å²) in [5.41, 5.74) is 3.46. The molecule has 104 valence electrons. The number of benzene rings is 1. The Bertz CT molecular complexity index is 669. The zero-order valence-electron chi connectivity index (χ0n) is 12.1. The van der Waals surface area contributed by atoms with Gasteiger partial charge in [-0.05, 0) is 43.9 Å². The monoisotopic (exact) mass is 268 g/mol. The summed E-state index contributed by atoms with van der Waals surface area (Å²) in [6.45, 7) is 5.03. The highest BCUT2D eigenvalue weighted by Crippen LogP contribution is 2.28. The Hall–Kier alpha value is -1.79. The summed E-state index contributed by atoms with van der Waals surface area (Å²) >= 11 is 0. The Morgan fingerprint density at radius 2 is 2.30 bits per heavy atom. The van der Waals surface area contributed by atoms with Crippen LogP contribution in [-0.4, -0.2) is 16.4 Å². The number of aromatic nitrogens is 2. The van der Waals surface area contributed by atoms with E-state index >= 15 is 0 Å². The highest BCUT2D eigenvalue weighted by molar-refractivity contribution is 5.84. The number of hydrogen-bond acceptors (Lipinski definition) is 2. The lowest BCUT2D eigenvalue weighted by Gasteiger charge is -2.23.